The molecule has 130 valence electrons. The van der Waals surface area contributed by atoms with Crippen LogP contribution in [0.25, 0.3) is 0 Å². The molecule has 2 N–H and O–H groups in total. The first kappa shape index (κ1) is 20.3. The highest BCUT2D eigenvalue weighted by Gasteiger charge is 2.29. The van der Waals surface area contributed by atoms with Crippen molar-refractivity contribution in [1.82, 2.24) is 10.6 Å². The molecule has 5 nitrogen and oxygen atoms in total. The molecular weight excluding hydrogens is 429 g/mol. The standard InChI is InChI=1S/C16H24ClN3O2.HI/c1-16(8-3-10-22-16)12-20-15(18-2)19-9-11-21-14-6-4-13(17)5-7-14;/h4-7H,3,8-12H2,1-2H3,(H2,18,19,20);1H. The molecule has 0 aromatic heterocycles. The maximum atomic E-state index is 5.83. The molecule has 0 bridgehead atoms. The molecule has 1 aliphatic rings. The molecule has 1 saturated heterocycles. The Morgan fingerprint density at radius 2 is 2.09 bits per heavy atom. The minimum atomic E-state index is -0.0859. The number of hydrogen-bond acceptors (Lipinski definition) is 3. The fourth-order valence-corrected chi connectivity index (χ4v) is 2.46. The first-order valence-corrected chi connectivity index (χ1v) is 7.96. The number of nitrogens with one attached hydrogen (secondary N) is 2. The van der Waals surface area contributed by atoms with Gasteiger partial charge in [-0.15, -0.1) is 24.0 Å². The van der Waals surface area contributed by atoms with Crippen LogP contribution in [0.4, 0.5) is 0 Å². The number of aliphatic imine (C=N–C) groups is 1. The molecule has 1 atom stereocenters. The number of benzene rings is 1. The van der Waals surface area contributed by atoms with Gasteiger partial charge in [0, 0.05) is 25.2 Å². The Bertz CT molecular complexity index is 491. The molecular formula is C16H25ClIN3O2. The SMILES string of the molecule is CN=C(NCCOc1ccc(Cl)cc1)NCC1(C)CCCO1.I. The van der Waals surface area contributed by atoms with E-state index >= 15 is 0 Å². The van der Waals surface area contributed by atoms with Crippen LogP contribution in [0.2, 0.25) is 5.02 Å². The summed E-state index contributed by atoms with van der Waals surface area (Å²) in [4.78, 5) is 4.20. The van der Waals surface area contributed by atoms with E-state index in [1.54, 1.807) is 7.05 Å². The van der Waals surface area contributed by atoms with Gasteiger partial charge < -0.3 is 20.1 Å². The third kappa shape index (κ3) is 7.14. The van der Waals surface area contributed by atoms with Crippen LogP contribution in [-0.2, 0) is 4.74 Å². The van der Waals surface area contributed by atoms with E-state index in [0.29, 0.717) is 18.2 Å². The van der Waals surface area contributed by atoms with Gasteiger partial charge in [-0.05, 0) is 44.0 Å². The molecule has 0 spiro atoms. The molecule has 1 heterocycles. The van der Waals surface area contributed by atoms with Crippen molar-refractivity contribution >= 4 is 41.5 Å². The first-order chi connectivity index (χ1) is 10.6. The van der Waals surface area contributed by atoms with Gasteiger partial charge in [-0.3, -0.25) is 4.99 Å². The Hall–Kier alpha value is -0.730. The lowest BCUT2D eigenvalue weighted by atomic mass is 10.0. The minimum absolute atomic E-state index is 0. The van der Waals surface area contributed by atoms with Crippen molar-refractivity contribution in [2.24, 2.45) is 4.99 Å². The highest BCUT2D eigenvalue weighted by atomic mass is 127. The van der Waals surface area contributed by atoms with E-state index in [9.17, 15) is 0 Å². The molecule has 0 amide bonds. The lowest BCUT2D eigenvalue weighted by Gasteiger charge is -2.24. The molecule has 1 aliphatic heterocycles. The van der Waals surface area contributed by atoms with Crippen LogP contribution in [0, 0.1) is 0 Å². The van der Waals surface area contributed by atoms with Crippen LogP contribution in [0.3, 0.4) is 0 Å². The van der Waals surface area contributed by atoms with Gasteiger partial charge in [-0.1, -0.05) is 11.6 Å². The van der Waals surface area contributed by atoms with Crippen LogP contribution < -0.4 is 15.4 Å². The Kier molecular flexibility index (Phi) is 9.01. The molecule has 1 unspecified atom stereocenters. The maximum absolute atomic E-state index is 5.83. The van der Waals surface area contributed by atoms with Gasteiger partial charge in [0.25, 0.3) is 0 Å². The average molecular weight is 454 g/mol. The summed E-state index contributed by atoms with van der Waals surface area (Å²) in [6.45, 7) is 4.95. The van der Waals surface area contributed by atoms with E-state index in [1.807, 2.05) is 24.3 Å². The quantitative estimate of drug-likeness (QED) is 0.301. The van der Waals surface area contributed by atoms with Crippen molar-refractivity contribution in [3.05, 3.63) is 29.3 Å². The van der Waals surface area contributed by atoms with Gasteiger partial charge in [-0.2, -0.15) is 0 Å². The fourth-order valence-electron chi connectivity index (χ4n) is 2.34. The first-order valence-electron chi connectivity index (χ1n) is 7.58. The highest BCUT2D eigenvalue weighted by Crippen LogP contribution is 2.23. The zero-order valence-corrected chi connectivity index (χ0v) is 16.7. The summed E-state index contributed by atoms with van der Waals surface area (Å²) in [5.74, 6) is 1.57. The molecule has 23 heavy (non-hydrogen) atoms. The van der Waals surface area contributed by atoms with Gasteiger partial charge in [0.05, 0.1) is 12.1 Å². The van der Waals surface area contributed by atoms with Crippen molar-refractivity contribution in [3.8, 4) is 5.75 Å². The van der Waals surface area contributed by atoms with Gasteiger partial charge in [0.15, 0.2) is 5.96 Å². The zero-order valence-electron chi connectivity index (χ0n) is 13.6. The van der Waals surface area contributed by atoms with Crippen LogP contribution >= 0.6 is 35.6 Å². The summed E-state index contributed by atoms with van der Waals surface area (Å²) >= 11 is 5.83. The van der Waals surface area contributed by atoms with Gasteiger partial charge >= 0.3 is 0 Å². The van der Waals surface area contributed by atoms with Crippen LogP contribution in [-0.4, -0.2) is 44.9 Å². The summed E-state index contributed by atoms with van der Waals surface area (Å²) in [5, 5.41) is 7.23. The van der Waals surface area contributed by atoms with Crippen molar-refractivity contribution in [2.75, 3.05) is 33.4 Å². The van der Waals surface area contributed by atoms with Gasteiger partial charge in [0.1, 0.15) is 12.4 Å². The topological polar surface area (TPSA) is 54.9 Å². The molecule has 0 aliphatic carbocycles. The summed E-state index contributed by atoms with van der Waals surface area (Å²) < 4.78 is 11.4. The number of guanidine groups is 1. The normalized spacial score (nSPS) is 20.7. The second-order valence-corrected chi connectivity index (χ2v) is 5.99. The van der Waals surface area contributed by atoms with Crippen molar-refractivity contribution in [2.45, 2.75) is 25.4 Å². The number of nitrogens with zero attached hydrogens (tertiary/aromatic N) is 1. The maximum Gasteiger partial charge on any atom is 0.191 e. The Labute approximate surface area is 160 Å². The lowest BCUT2D eigenvalue weighted by molar-refractivity contribution is 0.0243. The molecule has 1 aromatic rings. The number of ether oxygens (including phenoxy) is 2. The molecule has 1 fully saturated rings. The summed E-state index contributed by atoms with van der Waals surface area (Å²) in [5.41, 5.74) is -0.0859. The smallest absolute Gasteiger partial charge is 0.191 e. The Morgan fingerprint density at radius 3 is 2.70 bits per heavy atom. The lowest BCUT2D eigenvalue weighted by Crippen LogP contribution is -2.46. The minimum Gasteiger partial charge on any atom is -0.492 e. The molecule has 2 rings (SSSR count). The van der Waals surface area contributed by atoms with Crippen LogP contribution in [0.15, 0.2) is 29.3 Å². The van der Waals surface area contributed by atoms with E-state index in [2.05, 4.69) is 22.5 Å². The Balaban J connectivity index is 0.00000264. The molecule has 1 aromatic carbocycles. The Morgan fingerprint density at radius 1 is 1.35 bits per heavy atom. The molecule has 0 radical (unpaired) electrons. The second-order valence-electron chi connectivity index (χ2n) is 5.56. The van der Waals surface area contributed by atoms with E-state index in [-0.39, 0.29) is 29.6 Å². The highest BCUT2D eigenvalue weighted by molar-refractivity contribution is 14.0. The van der Waals surface area contributed by atoms with Crippen LogP contribution in [0.1, 0.15) is 19.8 Å². The zero-order chi connectivity index (χ0) is 15.8. The van der Waals surface area contributed by atoms with Crippen LogP contribution in [0.5, 0.6) is 5.75 Å². The van der Waals surface area contributed by atoms with E-state index in [1.165, 1.54) is 0 Å². The van der Waals surface area contributed by atoms with Crippen molar-refractivity contribution in [3.63, 3.8) is 0 Å². The predicted molar refractivity (Wildman–Crippen MR) is 105 cm³/mol. The number of hydrogen-bond donors (Lipinski definition) is 2. The van der Waals surface area contributed by atoms with E-state index in [4.69, 9.17) is 21.1 Å². The van der Waals surface area contributed by atoms with E-state index in [0.717, 1.165) is 37.7 Å². The summed E-state index contributed by atoms with van der Waals surface area (Å²) in [7, 11) is 1.76. The fraction of sp³-hybridized carbons (Fsp3) is 0.562. The average Bonchev–Trinajstić information content (AvgIpc) is 2.95. The monoisotopic (exact) mass is 453 g/mol. The number of halogens is 2. The van der Waals surface area contributed by atoms with Gasteiger partial charge in [-0.25, -0.2) is 0 Å². The van der Waals surface area contributed by atoms with Crippen molar-refractivity contribution < 1.29 is 9.47 Å². The van der Waals surface area contributed by atoms with E-state index < -0.39 is 0 Å². The second kappa shape index (κ2) is 10.2. The summed E-state index contributed by atoms with van der Waals surface area (Å²) in [6.07, 6.45) is 2.20. The van der Waals surface area contributed by atoms with Crippen molar-refractivity contribution in [1.29, 1.82) is 0 Å². The largest absolute Gasteiger partial charge is 0.492 e. The number of rotatable bonds is 6. The molecule has 0 saturated carbocycles. The third-order valence-electron chi connectivity index (χ3n) is 3.63. The predicted octanol–water partition coefficient (Wildman–Crippen LogP) is 3.07. The summed E-state index contributed by atoms with van der Waals surface area (Å²) in [6, 6.07) is 7.33. The third-order valence-corrected chi connectivity index (χ3v) is 3.88. The van der Waals surface area contributed by atoms with Gasteiger partial charge in [0.2, 0.25) is 0 Å². The molecule has 7 heteroatoms.